The van der Waals surface area contributed by atoms with Gasteiger partial charge in [-0.3, -0.25) is 19.1 Å². The number of amides is 4. The van der Waals surface area contributed by atoms with Gasteiger partial charge in [0.25, 0.3) is 5.91 Å². The molecule has 0 saturated heterocycles. The maximum Gasteiger partial charge on any atom is 0.322 e. The number of hydroxylamine groups is 2. The van der Waals surface area contributed by atoms with E-state index < -0.39 is 11.8 Å². The molecule has 2 aliphatic heterocycles. The lowest BCUT2D eigenvalue weighted by molar-refractivity contribution is -0.109. The fraction of sp³-hybridized carbons (Fsp3) is 0.350. The molecule has 0 unspecified atom stereocenters. The summed E-state index contributed by atoms with van der Waals surface area (Å²) in [6.07, 6.45) is 1.15. The third kappa shape index (κ3) is 4.68. The Hall–Kier alpha value is -3.98. The van der Waals surface area contributed by atoms with E-state index in [1.165, 1.54) is 17.2 Å². The summed E-state index contributed by atoms with van der Waals surface area (Å²) in [6.45, 7) is 1.45. The molecule has 2 N–H and O–H groups in total. The van der Waals surface area contributed by atoms with E-state index in [1.54, 1.807) is 29.7 Å². The molecule has 2 aromatic rings. The van der Waals surface area contributed by atoms with Crippen molar-refractivity contribution in [3.05, 3.63) is 46.5 Å². The van der Waals surface area contributed by atoms with Gasteiger partial charge in [0.05, 0.1) is 31.0 Å². The molecule has 0 radical (unpaired) electrons. The van der Waals surface area contributed by atoms with Gasteiger partial charge in [-0.25, -0.2) is 14.2 Å². The Labute approximate surface area is 183 Å². The molecule has 1 aromatic heterocycles. The summed E-state index contributed by atoms with van der Waals surface area (Å²) in [5, 5.41) is 19.5. The molecule has 168 valence electrons. The van der Waals surface area contributed by atoms with Crippen molar-refractivity contribution in [3.8, 4) is 6.07 Å². The number of carbonyl (C=O) groups is 3. The van der Waals surface area contributed by atoms with E-state index >= 15 is 0 Å². The van der Waals surface area contributed by atoms with Crippen LogP contribution < -0.4 is 10.6 Å². The highest BCUT2D eigenvalue weighted by atomic mass is 19.1. The molecule has 0 aliphatic carbocycles. The summed E-state index contributed by atoms with van der Waals surface area (Å²) in [7, 11) is 3.11. The molecule has 32 heavy (non-hydrogen) atoms. The number of urea groups is 1. The van der Waals surface area contributed by atoms with Gasteiger partial charge in [0.2, 0.25) is 6.41 Å². The number of nitriles is 1. The zero-order valence-corrected chi connectivity index (χ0v) is 17.6. The molecular weight excluding hydrogens is 421 g/mol. The lowest BCUT2D eigenvalue weighted by Crippen LogP contribution is -2.39. The summed E-state index contributed by atoms with van der Waals surface area (Å²) in [6, 6.07) is 5.16. The van der Waals surface area contributed by atoms with Gasteiger partial charge in [-0.2, -0.15) is 10.4 Å². The standard InChI is InChI=1S/C18H17FN6O3.C2H5NO/c1-23-17(26)16-13-10-24(5-4-15(13)22-25(16)6-7-28-23)18(27)21-12-2-3-14(19)11(8-12)9-20;1-3-2-4/h2-3,8H,4-7,10H2,1H3,(H,21,27);2H,1H3,(H,3,4). The Morgan fingerprint density at radius 2 is 2.12 bits per heavy atom. The van der Waals surface area contributed by atoms with Gasteiger partial charge in [-0.05, 0) is 18.2 Å². The van der Waals surface area contributed by atoms with E-state index in [-0.39, 0.29) is 18.0 Å². The number of fused-ring (bicyclic) bond motifs is 3. The van der Waals surface area contributed by atoms with Crippen molar-refractivity contribution in [2.24, 2.45) is 0 Å². The quantitative estimate of drug-likeness (QED) is 0.662. The average molecular weight is 443 g/mol. The van der Waals surface area contributed by atoms with Crippen molar-refractivity contribution in [2.45, 2.75) is 19.5 Å². The van der Waals surface area contributed by atoms with Crippen LogP contribution in [0, 0.1) is 17.1 Å². The average Bonchev–Trinajstić information content (AvgIpc) is 3.10. The molecule has 0 saturated carbocycles. The Morgan fingerprint density at radius 3 is 2.81 bits per heavy atom. The van der Waals surface area contributed by atoms with E-state index in [2.05, 4.69) is 15.7 Å². The van der Waals surface area contributed by atoms with Crippen molar-refractivity contribution >= 4 is 24.0 Å². The molecule has 0 fully saturated rings. The number of nitrogens with one attached hydrogen (secondary N) is 2. The summed E-state index contributed by atoms with van der Waals surface area (Å²) in [5.41, 5.74) is 2.12. The fourth-order valence-corrected chi connectivity index (χ4v) is 3.36. The van der Waals surface area contributed by atoms with Crippen LogP contribution in [0.5, 0.6) is 0 Å². The molecular formula is C20H22FN7O4. The van der Waals surface area contributed by atoms with Crippen LogP contribution >= 0.6 is 0 Å². The van der Waals surface area contributed by atoms with Gasteiger partial charge in [-0.1, -0.05) is 0 Å². The number of halogens is 1. The molecule has 12 heteroatoms. The van der Waals surface area contributed by atoms with Crippen LogP contribution in [0.2, 0.25) is 0 Å². The lowest BCUT2D eigenvalue weighted by atomic mass is 10.1. The third-order valence-corrected chi connectivity index (χ3v) is 4.92. The number of anilines is 1. The van der Waals surface area contributed by atoms with E-state index in [9.17, 15) is 14.0 Å². The molecule has 2 aliphatic rings. The minimum absolute atomic E-state index is 0.144. The summed E-state index contributed by atoms with van der Waals surface area (Å²) >= 11 is 0. The van der Waals surface area contributed by atoms with Crippen LogP contribution in [0.25, 0.3) is 0 Å². The number of carbonyl (C=O) groups excluding carboxylic acids is 3. The third-order valence-electron chi connectivity index (χ3n) is 4.92. The van der Waals surface area contributed by atoms with E-state index in [0.29, 0.717) is 49.5 Å². The molecule has 11 nitrogen and oxygen atoms in total. The largest absolute Gasteiger partial charge is 0.362 e. The summed E-state index contributed by atoms with van der Waals surface area (Å²) < 4.78 is 15.1. The number of aromatic nitrogens is 2. The van der Waals surface area contributed by atoms with Gasteiger partial charge in [0, 0.05) is 38.3 Å². The maximum atomic E-state index is 13.5. The van der Waals surface area contributed by atoms with Crippen LogP contribution in [-0.4, -0.2) is 65.3 Å². The van der Waals surface area contributed by atoms with E-state index in [1.807, 2.05) is 0 Å². The molecule has 3 heterocycles. The van der Waals surface area contributed by atoms with Gasteiger partial charge in [-0.15, -0.1) is 0 Å². The van der Waals surface area contributed by atoms with Crippen molar-refractivity contribution in [2.75, 3.05) is 32.6 Å². The van der Waals surface area contributed by atoms with Crippen molar-refractivity contribution in [3.63, 3.8) is 0 Å². The highest BCUT2D eigenvalue weighted by Gasteiger charge is 2.33. The van der Waals surface area contributed by atoms with Crippen molar-refractivity contribution in [1.82, 2.24) is 25.1 Å². The van der Waals surface area contributed by atoms with E-state index in [0.717, 1.165) is 11.8 Å². The number of hydrogen-bond acceptors (Lipinski definition) is 6. The second-order valence-corrected chi connectivity index (χ2v) is 6.95. The lowest BCUT2D eigenvalue weighted by Gasteiger charge is -2.27. The number of hydrogen-bond donors (Lipinski definition) is 2. The van der Waals surface area contributed by atoms with Crippen LogP contribution in [0.3, 0.4) is 0 Å². The second-order valence-electron chi connectivity index (χ2n) is 6.95. The van der Waals surface area contributed by atoms with Crippen LogP contribution in [-0.2, 0) is 29.1 Å². The first-order chi connectivity index (χ1) is 15.4. The topological polar surface area (TPSA) is 133 Å². The predicted molar refractivity (Wildman–Crippen MR) is 110 cm³/mol. The van der Waals surface area contributed by atoms with Gasteiger partial charge >= 0.3 is 6.03 Å². The normalized spacial score (nSPS) is 14.8. The predicted octanol–water partition coefficient (Wildman–Crippen LogP) is 0.863. The molecule has 1 aromatic carbocycles. The van der Waals surface area contributed by atoms with E-state index in [4.69, 9.17) is 14.9 Å². The Bertz CT molecular complexity index is 1080. The van der Waals surface area contributed by atoms with Gasteiger partial charge in [0.15, 0.2) is 0 Å². The number of benzene rings is 1. The van der Waals surface area contributed by atoms with Crippen LogP contribution in [0.1, 0.15) is 27.3 Å². The van der Waals surface area contributed by atoms with Crippen molar-refractivity contribution in [1.29, 1.82) is 5.26 Å². The Morgan fingerprint density at radius 1 is 1.38 bits per heavy atom. The first-order valence-corrected chi connectivity index (χ1v) is 9.75. The first kappa shape index (κ1) is 22.7. The first-order valence-electron chi connectivity index (χ1n) is 9.75. The highest BCUT2D eigenvalue weighted by molar-refractivity contribution is 5.94. The molecule has 0 atom stereocenters. The minimum Gasteiger partial charge on any atom is -0.362 e. The van der Waals surface area contributed by atoms with Gasteiger partial charge in [0.1, 0.15) is 17.6 Å². The number of rotatable bonds is 2. The Balaban J connectivity index is 0.000000668. The summed E-state index contributed by atoms with van der Waals surface area (Å²) in [5.74, 6) is -0.943. The zero-order valence-electron chi connectivity index (χ0n) is 17.6. The minimum atomic E-state index is -0.643. The molecule has 4 amide bonds. The molecule has 0 bridgehead atoms. The van der Waals surface area contributed by atoms with Crippen LogP contribution in [0.4, 0.5) is 14.9 Å². The van der Waals surface area contributed by atoms with Crippen molar-refractivity contribution < 1.29 is 23.6 Å². The highest BCUT2D eigenvalue weighted by Crippen LogP contribution is 2.25. The van der Waals surface area contributed by atoms with Gasteiger partial charge < -0.3 is 15.5 Å². The monoisotopic (exact) mass is 443 g/mol. The smallest absolute Gasteiger partial charge is 0.322 e. The SMILES string of the molecule is CN1OCCn2nc3c(c2C1=O)CN(C(=O)Nc1ccc(F)c(C#N)c1)CC3.CNC=O. The zero-order chi connectivity index (χ0) is 23.3. The summed E-state index contributed by atoms with van der Waals surface area (Å²) in [4.78, 5) is 41.2. The van der Waals surface area contributed by atoms with Crippen LogP contribution in [0.15, 0.2) is 18.2 Å². The molecule has 4 rings (SSSR count). The maximum absolute atomic E-state index is 13.5. The number of nitrogens with zero attached hydrogens (tertiary/aromatic N) is 5. The molecule has 0 spiro atoms. The fourth-order valence-electron chi connectivity index (χ4n) is 3.36. The second kappa shape index (κ2) is 9.88. The Kier molecular flexibility index (Phi) is 7.01.